The molecule has 0 aliphatic heterocycles. The first-order chi connectivity index (χ1) is 6.63. The molecule has 1 rings (SSSR count). The van der Waals surface area contributed by atoms with E-state index in [1.165, 1.54) is 0 Å². The van der Waals surface area contributed by atoms with Crippen molar-refractivity contribution in [2.75, 3.05) is 6.54 Å². The van der Waals surface area contributed by atoms with E-state index in [2.05, 4.69) is 21.2 Å². The number of nitrogens with one attached hydrogen (secondary N) is 1. The highest BCUT2D eigenvalue weighted by molar-refractivity contribution is 9.10. The van der Waals surface area contributed by atoms with Crippen LogP contribution in [0.3, 0.4) is 0 Å². The number of nitrogens with two attached hydrogens (primary N) is 1. The number of hydrogen-bond acceptors (Lipinski definition) is 3. The van der Waals surface area contributed by atoms with Crippen molar-refractivity contribution < 1.29 is 9.21 Å². The highest BCUT2D eigenvalue weighted by atomic mass is 79.9. The summed E-state index contributed by atoms with van der Waals surface area (Å²) < 4.78 is 5.62. The molecule has 3 N–H and O–H groups in total. The maximum absolute atomic E-state index is 11.4. The Morgan fingerprint density at radius 1 is 1.71 bits per heavy atom. The van der Waals surface area contributed by atoms with Crippen molar-refractivity contribution >= 4 is 21.8 Å². The van der Waals surface area contributed by atoms with Gasteiger partial charge >= 0.3 is 0 Å². The van der Waals surface area contributed by atoms with Gasteiger partial charge in [-0.05, 0) is 34.5 Å². The van der Waals surface area contributed by atoms with Gasteiger partial charge in [0.05, 0.1) is 0 Å². The predicted octanol–water partition coefficient (Wildman–Crippen LogP) is 1.51. The highest BCUT2D eigenvalue weighted by Gasteiger charge is 2.10. The molecule has 4 nitrogen and oxygen atoms in total. The molecule has 1 amide bonds. The zero-order valence-corrected chi connectivity index (χ0v) is 9.50. The van der Waals surface area contributed by atoms with Crippen LogP contribution in [0.1, 0.15) is 23.9 Å². The Labute approximate surface area is 91.0 Å². The topological polar surface area (TPSA) is 68.3 Å². The molecule has 1 aromatic heterocycles. The quantitative estimate of drug-likeness (QED) is 0.863. The molecule has 5 heteroatoms. The van der Waals surface area contributed by atoms with E-state index >= 15 is 0 Å². The zero-order valence-electron chi connectivity index (χ0n) is 7.92. The number of hydrogen-bond donors (Lipinski definition) is 2. The Morgan fingerprint density at radius 2 is 2.43 bits per heavy atom. The van der Waals surface area contributed by atoms with Crippen LogP contribution in [0.5, 0.6) is 0 Å². The Bertz CT molecular complexity index is 312. The average Bonchev–Trinajstić information content (AvgIpc) is 2.60. The molecule has 0 bridgehead atoms. The highest BCUT2D eigenvalue weighted by Crippen LogP contribution is 2.13. The standard InChI is InChI=1S/C9H13BrN2O2/c1-2-6(11)5-12-9(13)7-3-4-8(10)14-7/h3-4,6H,2,5,11H2,1H3,(H,12,13). The maximum Gasteiger partial charge on any atom is 0.287 e. The van der Waals surface area contributed by atoms with Gasteiger partial charge < -0.3 is 15.5 Å². The Kier molecular flexibility index (Phi) is 4.16. The molecule has 1 unspecified atom stereocenters. The lowest BCUT2D eigenvalue weighted by molar-refractivity contribution is 0.0922. The summed E-state index contributed by atoms with van der Waals surface area (Å²) in [4.78, 5) is 11.4. The van der Waals surface area contributed by atoms with Crippen molar-refractivity contribution in [1.82, 2.24) is 5.32 Å². The molecule has 0 spiro atoms. The van der Waals surface area contributed by atoms with Crippen molar-refractivity contribution in [3.05, 3.63) is 22.6 Å². The summed E-state index contributed by atoms with van der Waals surface area (Å²) in [5.74, 6) is 0.0554. The summed E-state index contributed by atoms with van der Waals surface area (Å²) in [7, 11) is 0. The number of furan rings is 1. The summed E-state index contributed by atoms with van der Waals surface area (Å²) in [5.41, 5.74) is 5.65. The summed E-state index contributed by atoms with van der Waals surface area (Å²) in [5, 5.41) is 2.68. The fourth-order valence-electron chi connectivity index (χ4n) is 0.892. The molecule has 1 aromatic rings. The van der Waals surface area contributed by atoms with Gasteiger partial charge in [0.25, 0.3) is 5.91 Å². The van der Waals surface area contributed by atoms with E-state index in [-0.39, 0.29) is 11.9 Å². The van der Waals surface area contributed by atoms with Crippen LogP contribution >= 0.6 is 15.9 Å². The molecule has 0 aliphatic carbocycles. The first kappa shape index (κ1) is 11.3. The van der Waals surface area contributed by atoms with Crippen molar-refractivity contribution in [3.8, 4) is 0 Å². The molecule has 1 heterocycles. The van der Waals surface area contributed by atoms with Crippen molar-refractivity contribution in [3.63, 3.8) is 0 Å². The third kappa shape index (κ3) is 3.16. The number of carbonyl (C=O) groups is 1. The van der Waals surface area contributed by atoms with Crippen LogP contribution in [0.2, 0.25) is 0 Å². The van der Waals surface area contributed by atoms with Gasteiger partial charge in [0.15, 0.2) is 10.4 Å². The first-order valence-corrected chi connectivity index (χ1v) is 5.22. The summed E-state index contributed by atoms with van der Waals surface area (Å²) in [6, 6.07) is 3.28. The first-order valence-electron chi connectivity index (χ1n) is 4.42. The lowest BCUT2D eigenvalue weighted by Crippen LogP contribution is -2.36. The van der Waals surface area contributed by atoms with Gasteiger partial charge in [-0.25, -0.2) is 0 Å². The van der Waals surface area contributed by atoms with E-state index in [0.717, 1.165) is 6.42 Å². The molecule has 0 saturated carbocycles. The lowest BCUT2D eigenvalue weighted by atomic mass is 10.2. The van der Waals surface area contributed by atoms with Gasteiger partial charge in [-0.1, -0.05) is 6.92 Å². The van der Waals surface area contributed by atoms with Gasteiger partial charge in [0, 0.05) is 12.6 Å². The van der Waals surface area contributed by atoms with Crippen LogP contribution in [-0.4, -0.2) is 18.5 Å². The average molecular weight is 261 g/mol. The molecular formula is C9H13BrN2O2. The van der Waals surface area contributed by atoms with Crippen molar-refractivity contribution in [2.24, 2.45) is 5.73 Å². The third-order valence-corrected chi connectivity index (χ3v) is 2.27. The molecule has 0 aliphatic rings. The number of amides is 1. The van der Waals surface area contributed by atoms with E-state index in [0.29, 0.717) is 17.0 Å². The normalized spacial score (nSPS) is 12.5. The predicted molar refractivity (Wildman–Crippen MR) is 57.0 cm³/mol. The lowest BCUT2D eigenvalue weighted by Gasteiger charge is -2.08. The van der Waals surface area contributed by atoms with Crippen molar-refractivity contribution in [1.29, 1.82) is 0 Å². The van der Waals surface area contributed by atoms with Crippen LogP contribution in [0, 0.1) is 0 Å². The molecule has 0 radical (unpaired) electrons. The zero-order chi connectivity index (χ0) is 10.6. The van der Waals surface area contributed by atoms with Crippen LogP contribution in [0.15, 0.2) is 21.2 Å². The molecule has 1 atom stereocenters. The van der Waals surface area contributed by atoms with E-state index < -0.39 is 0 Å². The fraction of sp³-hybridized carbons (Fsp3) is 0.444. The van der Waals surface area contributed by atoms with Gasteiger partial charge in [-0.15, -0.1) is 0 Å². The summed E-state index contributed by atoms with van der Waals surface area (Å²) in [6.45, 7) is 2.44. The second kappa shape index (κ2) is 5.17. The van der Waals surface area contributed by atoms with E-state index in [9.17, 15) is 4.79 Å². The van der Waals surface area contributed by atoms with Crippen molar-refractivity contribution in [2.45, 2.75) is 19.4 Å². The fourth-order valence-corrected chi connectivity index (χ4v) is 1.20. The minimum atomic E-state index is -0.236. The molecule has 0 fully saturated rings. The maximum atomic E-state index is 11.4. The SMILES string of the molecule is CCC(N)CNC(=O)c1ccc(Br)o1. The van der Waals surface area contributed by atoms with E-state index in [4.69, 9.17) is 10.2 Å². The van der Waals surface area contributed by atoms with Gasteiger partial charge in [0.2, 0.25) is 0 Å². The minimum absolute atomic E-state index is 0.00245. The van der Waals surface area contributed by atoms with Gasteiger partial charge in [-0.2, -0.15) is 0 Å². The molecule has 14 heavy (non-hydrogen) atoms. The summed E-state index contributed by atoms with van der Waals surface area (Å²) >= 11 is 3.12. The Balaban J connectivity index is 2.43. The van der Waals surface area contributed by atoms with Gasteiger partial charge in [-0.3, -0.25) is 4.79 Å². The third-order valence-electron chi connectivity index (χ3n) is 1.85. The van der Waals surface area contributed by atoms with E-state index in [1.54, 1.807) is 12.1 Å². The Morgan fingerprint density at radius 3 is 2.93 bits per heavy atom. The van der Waals surface area contributed by atoms with Crippen LogP contribution in [0.25, 0.3) is 0 Å². The minimum Gasteiger partial charge on any atom is -0.444 e. The van der Waals surface area contributed by atoms with Crippen LogP contribution in [0.4, 0.5) is 0 Å². The van der Waals surface area contributed by atoms with E-state index in [1.807, 2.05) is 6.92 Å². The van der Waals surface area contributed by atoms with Gasteiger partial charge in [0.1, 0.15) is 0 Å². The number of rotatable bonds is 4. The van der Waals surface area contributed by atoms with Crippen LogP contribution < -0.4 is 11.1 Å². The molecule has 78 valence electrons. The second-order valence-electron chi connectivity index (χ2n) is 2.98. The summed E-state index contributed by atoms with van der Waals surface area (Å²) in [6.07, 6.45) is 0.835. The second-order valence-corrected chi connectivity index (χ2v) is 3.76. The molecule has 0 saturated heterocycles. The Hall–Kier alpha value is -0.810. The van der Waals surface area contributed by atoms with Crippen LogP contribution in [-0.2, 0) is 0 Å². The number of carbonyl (C=O) groups excluding carboxylic acids is 1. The molecule has 0 aromatic carbocycles. The number of halogens is 1. The monoisotopic (exact) mass is 260 g/mol. The molecular weight excluding hydrogens is 248 g/mol. The smallest absolute Gasteiger partial charge is 0.287 e. The largest absolute Gasteiger partial charge is 0.444 e.